The summed E-state index contributed by atoms with van der Waals surface area (Å²) in [6.07, 6.45) is 0.947. The zero-order valence-corrected chi connectivity index (χ0v) is 14.9. The monoisotopic (exact) mass is 360 g/mol. The zero-order chi connectivity index (χ0) is 18.4. The molecule has 0 aliphatic heterocycles. The minimum atomic E-state index is -1.33. The van der Waals surface area contributed by atoms with E-state index in [0.29, 0.717) is 23.4 Å². The Morgan fingerprint density at radius 1 is 1.16 bits per heavy atom. The topological polar surface area (TPSA) is 95.5 Å². The summed E-state index contributed by atoms with van der Waals surface area (Å²) in [7, 11) is 0. The molecule has 25 heavy (non-hydrogen) atoms. The Balaban J connectivity index is 2.13. The van der Waals surface area contributed by atoms with Crippen molar-refractivity contribution in [2.45, 2.75) is 32.2 Å². The smallest absolute Gasteiger partial charge is 0.329 e. The van der Waals surface area contributed by atoms with E-state index in [1.165, 1.54) is 24.3 Å². The molecule has 0 aliphatic carbocycles. The van der Waals surface area contributed by atoms with Crippen molar-refractivity contribution in [1.29, 1.82) is 0 Å². The fourth-order valence-electron chi connectivity index (χ4n) is 2.38. The van der Waals surface area contributed by atoms with Gasteiger partial charge in [0.05, 0.1) is 4.88 Å². The average molecular weight is 360 g/mol. The summed E-state index contributed by atoms with van der Waals surface area (Å²) < 4.78 is 0. The van der Waals surface area contributed by atoms with Crippen LogP contribution in [0.5, 0.6) is 0 Å². The Hall–Kier alpha value is -2.67. The molecule has 3 N–H and O–H groups in total. The maximum Gasteiger partial charge on any atom is 0.329 e. The fraction of sp³-hybridized carbons (Fsp3) is 0.278. The second-order valence-electron chi connectivity index (χ2n) is 5.85. The molecule has 1 atom stereocenters. The Bertz CT molecular complexity index is 773. The van der Waals surface area contributed by atoms with Gasteiger partial charge in [-0.25, -0.2) is 4.79 Å². The van der Waals surface area contributed by atoms with Gasteiger partial charge in [0.25, 0.3) is 11.8 Å². The molecule has 7 heteroatoms. The van der Waals surface area contributed by atoms with Crippen LogP contribution in [0.3, 0.4) is 0 Å². The molecule has 0 bridgehead atoms. The Morgan fingerprint density at radius 3 is 2.52 bits per heavy atom. The summed E-state index contributed by atoms with van der Waals surface area (Å²) in [6.45, 7) is 3.34. The molecule has 0 fully saturated rings. The third kappa shape index (κ3) is 4.67. The molecule has 0 aliphatic rings. The van der Waals surface area contributed by atoms with Gasteiger partial charge in [0.2, 0.25) is 0 Å². The van der Waals surface area contributed by atoms with Gasteiger partial charge >= 0.3 is 5.97 Å². The van der Waals surface area contributed by atoms with Gasteiger partial charge in [0.15, 0.2) is 0 Å². The summed E-state index contributed by atoms with van der Waals surface area (Å²) in [6, 6.07) is 9.89. The molecule has 2 amide bonds. The minimum Gasteiger partial charge on any atom is -0.480 e. The number of carbonyl (C=O) groups excluding carboxylic acids is 2. The van der Waals surface area contributed by atoms with Gasteiger partial charge in [-0.2, -0.15) is 0 Å². The van der Waals surface area contributed by atoms with Crippen molar-refractivity contribution >= 4 is 34.8 Å². The lowest BCUT2D eigenvalue weighted by Gasteiger charge is -2.25. The number of nitrogens with one attached hydrogen (secondary N) is 2. The number of anilines is 1. The lowest BCUT2D eigenvalue weighted by molar-refractivity contribution is -0.144. The van der Waals surface area contributed by atoms with E-state index >= 15 is 0 Å². The number of amides is 2. The largest absolute Gasteiger partial charge is 0.480 e. The third-order valence-electron chi connectivity index (χ3n) is 3.74. The lowest BCUT2D eigenvalue weighted by Crippen LogP contribution is -2.52. The Labute approximate surface area is 149 Å². The van der Waals surface area contributed by atoms with E-state index in [1.54, 1.807) is 35.7 Å². The number of hydrogen-bond acceptors (Lipinski definition) is 4. The predicted octanol–water partition coefficient (Wildman–Crippen LogP) is 3.37. The predicted molar refractivity (Wildman–Crippen MR) is 97.1 cm³/mol. The SMILES string of the molecule is CCC[C@@](C)(NC(=O)c1cccc(NC(=O)c2cccs2)c1)C(=O)O. The number of thiophene rings is 1. The molecule has 2 aromatic rings. The number of hydrogen-bond donors (Lipinski definition) is 3. The van der Waals surface area contributed by atoms with Crippen LogP contribution < -0.4 is 10.6 Å². The maximum atomic E-state index is 12.4. The zero-order valence-electron chi connectivity index (χ0n) is 14.0. The second kappa shape index (κ2) is 7.94. The molecule has 1 heterocycles. The molecule has 0 radical (unpaired) electrons. The fourth-order valence-corrected chi connectivity index (χ4v) is 3.00. The average Bonchev–Trinajstić information content (AvgIpc) is 3.09. The van der Waals surface area contributed by atoms with Crippen LogP contribution in [0.4, 0.5) is 5.69 Å². The highest BCUT2D eigenvalue weighted by atomic mass is 32.1. The summed E-state index contributed by atoms with van der Waals surface area (Å²) in [5, 5.41) is 16.5. The van der Waals surface area contributed by atoms with Crippen LogP contribution in [-0.4, -0.2) is 28.4 Å². The third-order valence-corrected chi connectivity index (χ3v) is 4.61. The normalized spacial score (nSPS) is 12.9. The summed E-state index contributed by atoms with van der Waals surface area (Å²) in [5.74, 6) is -1.83. The van der Waals surface area contributed by atoms with E-state index in [-0.39, 0.29) is 11.5 Å². The van der Waals surface area contributed by atoms with Crippen LogP contribution in [-0.2, 0) is 4.79 Å². The van der Waals surface area contributed by atoms with Crippen molar-refractivity contribution in [3.05, 3.63) is 52.2 Å². The van der Waals surface area contributed by atoms with Crippen molar-refractivity contribution in [2.24, 2.45) is 0 Å². The van der Waals surface area contributed by atoms with E-state index < -0.39 is 17.4 Å². The number of aliphatic carboxylic acids is 1. The van der Waals surface area contributed by atoms with Crippen molar-refractivity contribution in [1.82, 2.24) is 5.32 Å². The first-order valence-corrected chi connectivity index (χ1v) is 8.74. The van der Waals surface area contributed by atoms with Crippen LogP contribution >= 0.6 is 11.3 Å². The molecule has 1 aromatic heterocycles. The first-order chi connectivity index (χ1) is 11.9. The van der Waals surface area contributed by atoms with Gasteiger partial charge in [0.1, 0.15) is 5.54 Å². The van der Waals surface area contributed by atoms with Crippen LogP contribution in [0.15, 0.2) is 41.8 Å². The summed E-state index contributed by atoms with van der Waals surface area (Å²) in [4.78, 5) is 36.5. The molecule has 0 spiro atoms. The van der Waals surface area contributed by atoms with E-state index in [0.717, 1.165) is 0 Å². The molecule has 0 saturated heterocycles. The number of carbonyl (C=O) groups is 3. The number of rotatable bonds is 7. The van der Waals surface area contributed by atoms with Crippen molar-refractivity contribution < 1.29 is 19.5 Å². The summed E-state index contributed by atoms with van der Waals surface area (Å²) >= 11 is 1.32. The van der Waals surface area contributed by atoms with Crippen LogP contribution in [0.2, 0.25) is 0 Å². The number of carboxylic acids is 1. The molecular weight excluding hydrogens is 340 g/mol. The Morgan fingerprint density at radius 2 is 1.92 bits per heavy atom. The van der Waals surface area contributed by atoms with Gasteiger partial charge in [-0.15, -0.1) is 11.3 Å². The molecule has 0 saturated carbocycles. The molecule has 6 nitrogen and oxygen atoms in total. The van der Waals surface area contributed by atoms with Crippen LogP contribution in [0, 0.1) is 0 Å². The highest BCUT2D eigenvalue weighted by Gasteiger charge is 2.34. The first-order valence-electron chi connectivity index (χ1n) is 7.86. The van der Waals surface area contributed by atoms with Gasteiger partial charge in [-0.1, -0.05) is 25.5 Å². The highest BCUT2D eigenvalue weighted by Crippen LogP contribution is 2.17. The van der Waals surface area contributed by atoms with E-state index in [4.69, 9.17) is 0 Å². The lowest BCUT2D eigenvalue weighted by atomic mass is 9.95. The van der Waals surface area contributed by atoms with Crippen molar-refractivity contribution in [3.8, 4) is 0 Å². The van der Waals surface area contributed by atoms with Crippen molar-refractivity contribution in [2.75, 3.05) is 5.32 Å². The molecule has 132 valence electrons. The van der Waals surface area contributed by atoms with Gasteiger partial charge in [0, 0.05) is 11.3 Å². The molecule has 0 unspecified atom stereocenters. The van der Waals surface area contributed by atoms with Crippen LogP contribution in [0.1, 0.15) is 46.7 Å². The van der Waals surface area contributed by atoms with E-state index in [9.17, 15) is 19.5 Å². The van der Waals surface area contributed by atoms with Gasteiger partial charge in [-0.3, -0.25) is 9.59 Å². The minimum absolute atomic E-state index is 0.256. The maximum absolute atomic E-state index is 12.4. The second-order valence-corrected chi connectivity index (χ2v) is 6.80. The van der Waals surface area contributed by atoms with Gasteiger partial charge in [-0.05, 0) is 43.0 Å². The highest BCUT2D eigenvalue weighted by molar-refractivity contribution is 7.12. The molecular formula is C18H20N2O4S. The Kier molecular flexibility index (Phi) is 5.93. The number of carboxylic acid groups (broad SMARTS) is 1. The van der Waals surface area contributed by atoms with Crippen molar-refractivity contribution in [3.63, 3.8) is 0 Å². The first kappa shape index (κ1) is 18.7. The number of benzene rings is 1. The molecule has 2 rings (SSSR count). The van der Waals surface area contributed by atoms with Gasteiger partial charge < -0.3 is 15.7 Å². The quantitative estimate of drug-likeness (QED) is 0.705. The van der Waals surface area contributed by atoms with E-state index in [1.807, 2.05) is 6.92 Å². The van der Waals surface area contributed by atoms with Crippen LogP contribution in [0.25, 0.3) is 0 Å². The molecule has 1 aromatic carbocycles. The van der Waals surface area contributed by atoms with E-state index in [2.05, 4.69) is 10.6 Å². The standard InChI is InChI=1S/C18H20N2O4S/c1-3-9-18(2,17(23)24)20-15(21)12-6-4-7-13(11-12)19-16(22)14-8-5-10-25-14/h4-8,10-11H,3,9H2,1-2H3,(H,19,22)(H,20,21)(H,23,24)/t18-/m1/s1. The summed E-state index contributed by atoms with van der Waals surface area (Å²) in [5.41, 5.74) is -0.576.